The van der Waals surface area contributed by atoms with Crippen LogP contribution in [0.5, 0.6) is 11.5 Å². The number of rotatable bonds is 0. The van der Waals surface area contributed by atoms with Crippen molar-refractivity contribution in [1.29, 1.82) is 0 Å². The van der Waals surface area contributed by atoms with Crippen molar-refractivity contribution in [1.82, 2.24) is 0 Å². The third-order valence-corrected chi connectivity index (χ3v) is 5.75. The maximum absolute atomic E-state index is 10.4. The van der Waals surface area contributed by atoms with Crippen LogP contribution in [0.3, 0.4) is 0 Å². The Kier molecular flexibility index (Phi) is 2.64. The molecule has 3 rings (SSSR count). The topological polar surface area (TPSA) is 40.5 Å². The number of hydrogen-bond acceptors (Lipinski definition) is 2. The monoisotopic (exact) mass is 260 g/mol. The normalized spacial score (nSPS) is 32.5. The number of fused-ring (bicyclic) bond motifs is 3. The Hall–Kier alpha value is -1.18. The molecule has 0 radical (unpaired) electrons. The van der Waals surface area contributed by atoms with Gasteiger partial charge in [0.25, 0.3) is 0 Å². The van der Waals surface area contributed by atoms with E-state index in [1.165, 1.54) is 24.8 Å². The van der Waals surface area contributed by atoms with E-state index in [1.807, 2.05) is 6.07 Å². The molecule has 2 aliphatic carbocycles. The molecule has 0 unspecified atom stereocenters. The zero-order valence-corrected chi connectivity index (χ0v) is 12.2. The van der Waals surface area contributed by atoms with Gasteiger partial charge in [0.1, 0.15) is 0 Å². The van der Waals surface area contributed by atoms with Crippen LogP contribution >= 0.6 is 0 Å². The Bertz CT molecular complexity index is 518. The fourth-order valence-electron chi connectivity index (χ4n) is 4.90. The molecule has 1 aromatic rings. The van der Waals surface area contributed by atoms with Gasteiger partial charge in [0.15, 0.2) is 11.5 Å². The van der Waals surface area contributed by atoms with E-state index in [4.69, 9.17) is 0 Å². The fraction of sp³-hybridized carbons (Fsp3) is 0.647. The molecule has 0 amide bonds. The largest absolute Gasteiger partial charge is 0.504 e. The first kappa shape index (κ1) is 12.8. The third kappa shape index (κ3) is 1.69. The summed E-state index contributed by atoms with van der Waals surface area (Å²) in [5.41, 5.74) is 2.59. The predicted octanol–water partition coefficient (Wildman–Crippen LogP) is 4.13. The Morgan fingerprint density at radius 2 is 1.84 bits per heavy atom. The highest BCUT2D eigenvalue weighted by atomic mass is 16.3. The minimum absolute atomic E-state index is 0.0121. The van der Waals surface area contributed by atoms with Gasteiger partial charge in [-0.25, -0.2) is 0 Å². The summed E-state index contributed by atoms with van der Waals surface area (Å²) in [5.74, 6) is 0.750. The van der Waals surface area contributed by atoms with Crippen LogP contribution in [0.2, 0.25) is 0 Å². The number of hydrogen-bond donors (Lipinski definition) is 2. The molecule has 2 N–H and O–H groups in total. The zero-order chi connectivity index (χ0) is 13.8. The van der Waals surface area contributed by atoms with Crippen molar-refractivity contribution in [3.8, 4) is 11.5 Å². The minimum atomic E-state index is 0.0121. The maximum Gasteiger partial charge on any atom is 0.161 e. The van der Waals surface area contributed by atoms with Crippen LogP contribution in [0.15, 0.2) is 12.1 Å². The summed E-state index contributed by atoms with van der Waals surface area (Å²) in [6.07, 6.45) is 5.80. The van der Waals surface area contributed by atoms with Crippen molar-refractivity contribution in [2.24, 2.45) is 11.3 Å². The fourth-order valence-corrected chi connectivity index (χ4v) is 4.90. The molecule has 0 aromatic heterocycles. The van der Waals surface area contributed by atoms with E-state index in [0.29, 0.717) is 11.3 Å². The molecule has 0 aliphatic heterocycles. The van der Waals surface area contributed by atoms with E-state index in [9.17, 15) is 10.2 Å². The van der Waals surface area contributed by atoms with Gasteiger partial charge < -0.3 is 10.2 Å². The van der Waals surface area contributed by atoms with Crippen molar-refractivity contribution in [3.05, 3.63) is 23.3 Å². The highest BCUT2D eigenvalue weighted by Crippen LogP contribution is 2.59. The molecule has 2 aliphatic rings. The molecule has 2 heteroatoms. The minimum Gasteiger partial charge on any atom is -0.504 e. The quantitative estimate of drug-likeness (QED) is 0.689. The van der Waals surface area contributed by atoms with E-state index < -0.39 is 0 Å². The summed E-state index contributed by atoms with van der Waals surface area (Å²) in [5, 5.41) is 20.2. The van der Waals surface area contributed by atoms with Crippen LogP contribution in [-0.2, 0) is 11.8 Å². The average Bonchev–Trinajstić information content (AvgIpc) is 2.32. The maximum atomic E-state index is 10.4. The van der Waals surface area contributed by atoms with Gasteiger partial charge in [-0.3, -0.25) is 0 Å². The smallest absolute Gasteiger partial charge is 0.161 e. The van der Waals surface area contributed by atoms with Crippen LogP contribution in [0.25, 0.3) is 0 Å². The van der Waals surface area contributed by atoms with Crippen LogP contribution < -0.4 is 0 Å². The van der Waals surface area contributed by atoms with E-state index in [-0.39, 0.29) is 16.9 Å². The number of aryl methyl sites for hydroxylation is 1. The molecule has 0 bridgehead atoms. The number of aromatic hydroxyl groups is 2. The Labute approximate surface area is 115 Å². The SMILES string of the molecule is CC1(C)CCC[C@]2(C)c3c(ccc(O)c3O)CC[C@@H]12. The Balaban J connectivity index is 2.20. The van der Waals surface area contributed by atoms with Crippen molar-refractivity contribution < 1.29 is 10.2 Å². The highest BCUT2D eigenvalue weighted by Gasteiger charge is 2.51. The second-order valence-electron chi connectivity index (χ2n) is 7.32. The summed E-state index contributed by atoms with van der Waals surface area (Å²) < 4.78 is 0. The van der Waals surface area contributed by atoms with Gasteiger partial charge in [-0.05, 0) is 54.1 Å². The zero-order valence-electron chi connectivity index (χ0n) is 12.2. The van der Waals surface area contributed by atoms with Crippen molar-refractivity contribution in [2.45, 2.75) is 58.3 Å². The second-order valence-corrected chi connectivity index (χ2v) is 7.32. The predicted molar refractivity (Wildman–Crippen MR) is 76.6 cm³/mol. The van der Waals surface area contributed by atoms with Crippen molar-refractivity contribution >= 4 is 0 Å². The van der Waals surface area contributed by atoms with Gasteiger partial charge in [0.2, 0.25) is 0 Å². The first-order valence-corrected chi connectivity index (χ1v) is 7.40. The molecule has 19 heavy (non-hydrogen) atoms. The van der Waals surface area contributed by atoms with E-state index in [2.05, 4.69) is 20.8 Å². The molecule has 1 fully saturated rings. The molecule has 2 atom stereocenters. The molecule has 0 saturated heterocycles. The molecule has 104 valence electrons. The van der Waals surface area contributed by atoms with Crippen molar-refractivity contribution in [2.75, 3.05) is 0 Å². The molecule has 1 saturated carbocycles. The van der Waals surface area contributed by atoms with Gasteiger partial charge in [-0.2, -0.15) is 0 Å². The van der Waals surface area contributed by atoms with Gasteiger partial charge in [-0.1, -0.05) is 33.3 Å². The molecule has 2 nitrogen and oxygen atoms in total. The summed E-state index contributed by atoms with van der Waals surface area (Å²) in [6.45, 7) is 7.01. The molecular formula is C17H24O2. The second kappa shape index (κ2) is 3.91. The van der Waals surface area contributed by atoms with Gasteiger partial charge in [-0.15, -0.1) is 0 Å². The first-order valence-electron chi connectivity index (χ1n) is 7.40. The Morgan fingerprint density at radius 1 is 1.11 bits per heavy atom. The lowest BCUT2D eigenvalue weighted by Crippen LogP contribution is -2.47. The van der Waals surface area contributed by atoms with E-state index in [0.717, 1.165) is 18.4 Å². The lowest BCUT2D eigenvalue weighted by atomic mass is 9.50. The van der Waals surface area contributed by atoms with Gasteiger partial charge in [0, 0.05) is 5.56 Å². The summed E-state index contributed by atoms with van der Waals surface area (Å²) >= 11 is 0. The molecule has 0 spiro atoms. The van der Waals surface area contributed by atoms with Crippen LogP contribution in [-0.4, -0.2) is 10.2 Å². The van der Waals surface area contributed by atoms with Crippen LogP contribution in [0.4, 0.5) is 0 Å². The summed E-state index contributed by atoms with van der Waals surface area (Å²) in [4.78, 5) is 0. The molecule has 1 aromatic carbocycles. The van der Waals surface area contributed by atoms with E-state index in [1.54, 1.807) is 6.07 Å². The summed E-state index contributed by atoms with van der Waals surface area (Å²) in [6, 6.07) is 3.62. The highest BCUT2D eigenvalue weighted by molar-refractivity contribution is 5.54. The first-order chi connectivity index (χ1) is 8.86. The Morgan fingerprint density at radius 3 is 2.58 bits per heavy atom. The lowest BCUT2D eigenvalue weighted by Gasteiger charge is -2.54. The van der Waals surface area contributed by atoms with Crippen LogP contribution in [0.1, 0.15) is 57.6 Å². The number of phenolic OH excluding ortho intramolecular Hbond substituents is 2. The number of phenols is 2. The molecular weight excluding hydrogens is 236 g/mol. The van der Waals surface area contributed by atoms with Gasteiger partial charge in [0.05, 0.1) is 0 Å². The van der Waals surface area contributed by atoms with Crippen molar-refractivity contribution in [3.63, 3.8) is 0 Å². The standard InChI is InChI=1S/C17H24O2/c1-16(2)9-4-10-17(3)13(16)8-6-11-5-7-12(18)15(19)14(11)17/h5,7,13,18-19H,4,6,8-10H2,1-3H3/t13-,17-/m0/s1. The van der Waals surface area contributed by atoms with Crippen LogP contribution in [0, 0.1) is 11.3 Å². The van der Waals surface area contributed by atoms with Gasteiger partial charge >= 0.3 is 0 Å². The number of benzene rings is 1. The molecule has 0 heterocycles. The van der Waals surface area contributed by atoms with E-state index >= 15 is 0 Å². The average molecular weight is 260 g/mol. The lowest BCUT2D eigenvalue weighted by molar-refractivity contribution is 0.0390. The third-order valence-electron chi connectivity index (χ3n) is 5.75. The summed E-state index contributed by atoms with van der Waals surface area (Å²) in [7, 11) is 0.